The average molecular weight is 655 g/mol. The number of nitrogens with zero attached hydrogens (tertiary/aromatic N) is 4. The van der Waals surface area contributed by atoms with Gasteiger partial charge in [-0.3, -0.25) is 0 Å². The summed E-state index contributed by atoms with van der Waals surface area (Å²) in [5.74, 6) is 1.63. The van der Waals surface area contributed by atoms with Gasteiger partial charge in [0.1, 0.15) is 22.3 Å². The summed E-state index contributed by atoms with van der Waals surface area (Å²) in [6, 6.07) is 53.8. The second-order valence-electron chi connectivity index (χ2n) is 12.8. The zero-order chi connectivity index (χ0) is 33.5. The number of furan rings is 2. The molecule has 0 spiro atoms. The van der Waals surface area contributed by atoms with Crippen molar-refractivity contribution in [3.8, 4) is 39.9 Å². The van der Waals surface area contributed by atoms with Crippen molar-refractivity contribution >= 4 is 65.7 Å². The summed E-state index contributed by atoms with van der Waals surface area (Å²) in [4.78, 5) is 15.3. The van der Waals surface area contributed by atoms with Crippen molar-refractivity contribution in [2.24, 2.45) is 0 Å². The third kappa shape index (κ3) is 4.14. The molecule has 11 aromatic rings. The van der Waals surface area contributed by atoms with E-state index in [2.05, 4.69) is 89.5 Å². The van der Waals surface area contributed by atoms with Gasteiger partial charge in [0.25, 0.3) is 0 Å². The lowest BCUT2D eigenvalue weighted by Crippen LogP contribution is -2.00. The molecule has 0 atom stereocenters. The molecule has 0 saturated carbocycles. The standard InChI is InChI=1S/C45H26N4O2/c1-3-13-27(14-4-1)43-46-44(34-21-11-19-30-29-17-8-10-24-38(29)50-40(30)34)48-45(47-43)35-22-12-20-31-32-25-26-37-39(42(32)51-41(31)35)33-18-7-9-23-36(33)49(37)28-15-5-2-6-16-28/h1-26H. The van der Waals surface area contributed by atoms with Gasteiger partial charge < -0.3 is 13.4 Å². The van der Waals surface area contributed by atoms with Crippen LogP contribution in [0.15, 0.2) is 167 Å². The number of benzene rings is 7. The van der Waals surface area contributed by atoms with Crippen LogP contribution in [0.3, 0.4) is 0 Å². The van der Waals surface area contributed by atoms with E-state index in [9.17, 15) is 0 Å². The predicted molar refractivity (Wildman–Crippen MR) is 205 cm³/mol. The fourth-order valence-electron chi connectivity index (χ4n) is 7.60. The highest BCUT2D eigenvalue weighted by atomic mass is 16.3. The first-order chi connectivity index (χ1) is 25.3. The van der Waals surface area contributed by atoms with E-state index in [0.29, 0.717) is 17.5 Å². The smallest absolute Gasteiger partial charge is 0.167 e. The van der Waals surface area contributed by atoms with E-state index in [1.165, 1.54) is 0 Å². The molecule has 0 N–H and O–H groups in total. The summed E-state index contributed by atoms with van der Waals surface area (Å²) in [6.45, 7) is 0. The number of rotatable bonds is 4. The second-order valence-corrected chi connectivity index (χ2v) is 12.8. The number of hydrogen-bond donors (Lipinski definition) is 0. The molecular weight excluding hydrogens is 629 g/mol. The van der Waals surface area contributed by atoms with E-state index in [0.717, 1.165) is 88.1 Å². The van der Waals surface area contributed by atoms with Crippen molar-refractivity contribution in [3.05, 3.63) is 158 Å². The maximum Gasteiger partial charge on any atom is 0.167 e. The molecule has 11 rings (SSSR count). The van der Waals surface area contributed by atoms with Gasteiger partial charge in [0, 0.05) is 38.2 Å². The van der Waals surface area contributed by atoms with Crippen LogP contribution in [0.2, 0.25) is 0 Å². The predicted octanol–water partition coefficient (Wildman–Crippen LogP) is 11.8. The summed E-state index contributed by atoms with van der Waals surface area (Å²) in [5, 5.41) is 6.33. The zero-order valence-electron chi connectivity index (χ0n) is 27.1. The minimum atomic E-state index is 0.527. The Morgan fingerprint density at radius 1 is 0.373 bits per heavy atom. The Morgan fingerprint density at radius 2 is 0.941 bits per heavy atom. The van der Waals surface area contributed by atoms with E-state index in [1.54, 1.807) is 0 Å². The highest BCUT2D eigenvalue weighted by Crippen LogP contribution is 2.43. The second kappa shape index (κ2) is 10.7. The molecule has 6 heteroatoms. The van der Waals surface area contributed by atoms with E-state index in [4.69, 9.17) is 23.8 Å². The lowest BCUT2D eigenvalue weighted by atomic mass is 10.1. The van der Waals surface area contributed by atoms with Crippen LogP contribution in [0.25, 0.3) is 106 Å². The van der Waals surface area contributed by atoms with Crippen LogP contribution in [-0.2, 0) is 0 Å². The van der Waals surface area contributed by atoms with Gasteiger partial charge in [-0.2, -0.15) is 0 Å². The van der Waals surface area contributed by atoms with E-state index in [1.807, 2.05) is 72.8 Å². The lowest BCUT2D eigenvalue weighted by Gasteiger charge is -2.09. The Bertz CT molecular complexity index is 3140. The van der Waals surface area contributed by atoms with Crippen LogP contribution in [0.1, 0.15) is 0 Å². The molecule has 0 aliphatic carbocycles. The molecule has 0 radical (unpaired) electrons. The van der Waals surface area contributed by atoms with Crippen LogP contribution >= 0.6 is 0 Å². The monoisotopic (exact) mass is 654 g/mol. The SMILES string of the molecule is c1ccc(-c2nc(-c3cccc4c3oc3ccccc34)nc(-c3cccc4c3oc3c4ccc4c3c3ccccc3n4-c3ccccc3)n2)cc1. The molecule has 6 nitrogen and oxygen atoms in total. The largest absolute Gasteiger partial charge is 0.455 e. The summed E-state index contributed by atoms with van der Waals surface area (Å²) < 4.78 is 15.7. The topological polar surface area (TPSA) is 69.9 Å². The summed E-state index contributed by atoms with van der Waals surface area (Å²) in [7, 11) is 0. The van der Waals surface area contributed by atoms with E-state index < -0.39 is 0 Å². The van der Waals surface area contributed by atoms with Crippen LogP contribution in [0.4, 0.5) is 0 Å². The van der Waals surface area contributed by atoms with Gasteiger partial charge in [-0.05, 0) is 48.5 Å². The highest BCUT2D eigenvalue weighted by molar-refractivity contribution is 6.24. The van der Waals surface area contributed by atoms with Gasteiger partial charge in [-0.25, -0.2) is 15.0 Å². The fraction of sp³-hybridized carbons (Fsp3) is 0. The van der Waals surface area contributed by atoms with Crippen molar-refractivity contribution in [2.45, 2.75) is 0 Å². The third-order valence-electron chi connectivity index (χ3n) is 9.87. The van der Waals surface area contributed by atoms with Crippen LogP contribution in [-0.4, -0.2) is 19.5 Å². The van der Waals surface area contributed by atoms with E-state index in [-0.39, 0.29) is 0 Å². The van der Waals surface area contributed by atoms with E-state index >= 15 is 0 Å². The maximum atomic E-state index is 6.98. The van der Waals surface area contributed by atoms with Gasteiger partial charge in [-0.15, -0.1) is 0 Å². The van der Waals surface area contributed by atoms with Crippen LogP contribution in [0.5, 0.6) is 0 Å². The Hall–Kier alpha value is -7.05. The number of fused-ring (bicyclic) bond motifs is 10. The minimum Gasteiger partial charge on any atom is -0.455 e. The van der Waals surface area contributed by atoms with Crippen molar-refractivity contribution in [2.75, 3.05) is 0 Å². The Kier molecular flexibility index (Phi) is 5.86. The van der Waals surface area contributed by atoms with Crippen molar-refractivity contribution in [1.82, 2.24) is 19.5 Å². The van der Waals surface area contributed by atoms with Gasteiger partial charge >= 0.3 is 0 Å². The minimum absolute atomic E-state index is 0.527. The lowest BCUT2D eigenvalue weighted by molar-refractivity contribution is 0.669. The number of hydrogen-bond acceptors (Lipinski definition) is 5. The summed E-state index contributed by atoms with van der Waals surface area (Å²) in [6.07, 6.45) is 0. The maximum absolute atomic E-state index is 6.98. The van der Waals surface area contributed by atoms with Gasteiger partial charge in [0.05, 0.1) is 27.5 Å². The molecular formula is C45H26N4O2. The van der Waals surface area contributed by atoms with Crippen molar-refractivity contribution < 1.29 is 8.83 Å². The molecule has 0 fully saturated rings. The quantitative estimate of drug-likeness (QED) is 0.189. The third-order valence-corrected chi connectivity index (χ3v) is 9.87. The van der Waals surface area contributed by atoms with Crippen molar-refractivity contribution in [1.29, 1.82) is 0 Å². The molecule has 0 saturated heterocycles. The van der Waals surface area contributed by atoms with Gasteiger partial charge in [-0.1, -0.05) is 109 Å². The first-order valence-corrected chi connectivity index (χ1v) is 17.0. The Balaban J connectivity index is 1.19. The summed E-state index contributed by atoms with van der Waals surface area (Å²) >= 11 is 0. The molecule has 7 aromatic carbocycles. The number of aromatic nitrogens is 4. The number of para-hydroxylation sites is 5. The molecule has 0 unspecified atom stereocenters. The summed E-state index contributed by atoms with van der Waals surface area (Å²) in [5.41, 5.74) is 8.94. The molecule has 238 valence electrons. The average Bonchev–Trinajstić information content (AvgIpc) is 3.88. The van der Waals surface area contributed by atoms with Gasteiger partial charge in [0.2, 0.25) is 0 Å². The molecule has 0 bridgehead atoms. The molecule has 4 aromatic heterocycles. The van der Waals surface area contributed by atoms with Crippen molar-refractivity contribution in [3.63, 3.8) is 0 Å². The zero-order valence-corrected chi connectivity index (χ0v) is 27.1. The van der Waals surface area contributed by atoms with Crippen LogP contribution < -0.4 is 0 Å². The Morgan fingerprint density at radius 3 is 1.71 bits per heavy atom. The normalized spacial score (nSPS) is 11.9. The first kappa shape index (κ1) is 27.9. The first-order valence-electron chi connectivity index (χ1n) is 17.0. The molecule has 4 heterocycles. The highest BCUT2D eigenvalue weighted by Gasteiger charge is 2.22. The molecule has 0 amide bonds. The van der Waals surface area contributed by atoms with Gasteiger partial charge in [0.15, 0.2) is 17.5 Å². The molecule has 0 aliphatic rings. The Labute approximate surface area is 290 Å². The fourth-order valence-corrected chi connectivity index (χ4v) is 7.60. The van der Waals surface area contributed by atoms with Crippen LogP contribution in [0, 0.1) is 0 Å². The molecule has 0 aliphatic heterocycles. The molecule has 51 heavy (non-hydrogen) atoms.